The number of carbonyl (C=O) groups is 2. The summed E-state index contributed by atoms with van der Waals surface area (Å²) in [6.45, 7) is 1.66. The molecule has 1 aliphatic rings. The molecule has 0 radical (unpaired) electrons. The van der Waals surface area contributed by atoms with E-state index in [2.05, 4.69) is 15.6 Å². The summed E-state index contributed by atoms with van der Waals surface area (Å²) >= 11 is 0. The number of nitrogens with zero attached hydrogens (tertiary/aromatic N) is 3. The lowest BCUT2D eigenvalue weighted by Gasteiger charge is -2.31. The molecule has 7 heteroatoms. The van der Waals surface area contributed by atoms with Crippen LogP contribution in [0.25, 0.3) is 0 Å². The van der Waals surface area contributed by atoms with E-state index in [9.17, 15) is 9.59 Å². The Kier molecular flexibility index (Phi) is 5.78. The Bertz CT molecular complexity index is 553. The van der Waals surface area contributed by atoms with Gasteiger partial charge in [-0.05, 0) is 18.9 Å². The number of aromatic nitrogens is 1. The number of pyridine rings is 1. The van der Waals surface area contributed by atoms with Crippen LogP contribution in [0.1, 0.15) is 18.4 Å². The van der Waals surface area contributed by atoms with Gasteiger partial charge in [0.2, 0.25) is 5.91 Å². The molecule has 1 aromatic rings. The minimum Gasteiger partial charge on any atom is -0.362 e. The Morgan fingerprint density at radius 1 is 1.35 bits per heavy atom. The van der Waals surface area contributed by atoms with Crippen LogP contribution in [0.15, 0.2) is 18.3 Å². The molecule has 3 amide bonds. The average Bonchev–Trinajstić information content (AvgIpc) is 2.59. The van der Waals surface area contributed by atoms with Crippen LogP contribution in [-0.2, 0) is 11.3 Å². The summed E-state index contributed by atoms with van der Waals surface area (Å²) in [4.78, 5) is 31.9. The molecule has 0 bridgehead atoms. The summed E-state index contributed by atoms with van der Waals surface area (Å²) in [7, 11) is 5.51. The van der Waals surface area contributed by atoms with Gasteiger partial charge in [-0.25, -0.2) is 9.78 Å². The van der Waals surface area contributed by atoms with E-state index in [1.54, 1.807) is 18.1 Å². The van der Waals surface area contributed by atoms with Crippen LogP contribution in [0.2, 0.25) is 0 Å². The van der Waals surface area contributed by atoms with Gasteiger partial charge in [-0.1, -0.05) is 6.07 Å². The summed E-state index contributed by atoms with van der Waals surface area (Å²) in [6.07, 6.45) is 3.16. The van der Waals surface area contributed by atoms with E-state index in [1.165, 1.54) is 0 Å². The molecule has 0 spiro atoms. The standard InChI is InChI=1S/C16H25N5O2/c1-17-15(22)12-6-9-21(10-7-12)16(23)19-11-13-5-4-8-18-14(13)20(2)3/h4-5,8,12H,6-7,9-11H2,1-3H3,(H,17,22)(H,19,23). The van der Waals surface area contributed by atoms with Crippen LogP contribution in [0.4, 0.5) is 10.6 Å². The normalized spacial score (nSPS) is 15.2. The van der Waals surface area contributed by atoms with Gasteiger partial charge in [0.1, 0.15) is 5.82 Å². The van der Waals surface area contributed by atoms with Crippen LogP contribution in [0.3, 0.4) is 0 Å². The van der Waals surface area contributed by atoms with E-state index in [4.69, 9.17) is 0 Å². The molecule has 1 aromatic heterocycles. The predicted molar refractivity (Wildman–Crippen MR) is 89.2 cm³/mol. The van der Waals surface area contributed by atoms with Gasteiger partial charge in [-0.15, -0.1) is 0 Å². The first-order valence-electron chi connectivity index (χ1n) is 7.88. The van der Waals surface area contributed by atoms with E-state index in [1.807, 2.05) is 31.1 Å². The van der Waals surface area contributed by atoms with Crippen LogP contribution in [0, 0.1) is 5.92 Å². The fourth-order valence-corrected chi connectivity index (χ4v) is 2.80. The predicted octanol–water partition coefficient (Wildman–Crippen LogP) is 0.815. The largest absolute Gasteiger partial charge is 0.362 e. The number of rotatable bonds is 4. The van der Waals surface area contributed by atoms with Gasteiger partial charge in [0.15, 0.2) is 0 Å². The Labute approximate surface area is 137 Å². The van der Waals surface area contributed by atoms with E-state index < -0.39 is 0 Å². The SMILES string of the molecule is CNC(=O)C1CCN(C(=O)NCc2cccnc2N(C)C)CC1. The van der Waals surface area contributed by atoms with Gasteiger partial charge >= 0.3 is 6.03 Å². The molecule has 0 aliphatic carbocycles. The summed E-state index contributed by atoms with van der Waals surface area (Å²) in [5.41, 5.74) is 0.978. The number of anilines is 1. The highest BCUT2D eigenvalue weighted by Gasteiger charge is 2.26. The zero-order valence-corrected chi connectivity index (χ0v) is 14.0. The molecule has 0 saturated carbocycles. The monoisotopic (exact) mass is 319 g/mol. The zero-order chi connectivity index (χ0) is 16.8. The van der Waals surface area contributed by atoms with Crippen molar-refractivity contribution in [1.82, 2.24) is 20.5 Å². The molecule has 2 rings (SSSR count). The van der Waals surface area contributed by atoms with Gasteiger partial charge in [0.05, 0.1) is 0 Å². The molecule has 0 aromatic carbocycles. The van der Waals surface area contributed by atoms with Crippen LogP contribution in [-0.4, -0.2) is 56.1 Å². The van der Waals surface area contributed by atoms with E-state index >= 15 is 0 Å². The van der Waals surface area contributed by atoms with Crippen molar-refractivity contribution in [2.24, 2.45) is 5.92 Å². The Balaban J connectivity index is 1.86. The highest BCUT2D eigenvalue weighted by Crippen LogP contribution is 2.18. The summed E-state index contributed by atoms with van der Waals surface area (Å²) < 4.78 is 0. The highest BCUT2D eigenvalue weighted by atomic mass is 16.2. The Hall–Kier alpha value is -2.31. The minimum atomic E-state index is -0.0890. The molecule has 7 nitrogen and oxygen atoms in total. The number of hydrogen-bond donors (Lipinski definition) is 2. The van der Waals surface area contributed by atoms with Gasteiger partial charge < -0.3 is 20.4 Å². The third-order valence-electron chi connectivity index (χ3n) is 4.12. The molecule has 0 unspecified atom stereocenters. The number of carbonyl (C=O) groups excluding carboxylic acids is 2. The smallest absolute Gasteiger partial charge is 0.317 e. The molecule has 1 fully saturated rings. The summed E-state index contributed by atoms with van der Waals surface area (Å²) in [5.74, 6) is 0.935. The molecule has 0 atom stereocenters. The maximum absolute atomic E-state index is 12.3. The van der Waals surface area contributed by atoms with E-state index in [0.29, 0.717) is 32.5 Å². The first kappa shape index (κ1) is 17.1. The lowest BCUT2D eigenvalue weighted by Crippen LogP contribution is -2.46. The summed E-state index contributed by atoms with van der Waals surface area (Å²) in [5, 5.41) is 5.61. The average molecular weight is 319 g/mol. The van der Waals surface area contributed by atoms with Crippen molar-refractivity contribution >= 4 is 17.8 Å². The van der Waals surface area contributed by atoms with Gasteiger partial charge in [-0.3, -0.25) is 4.79 Å². The molecule has 126 valence electrons. The van der Waals surface area contributed by atoms with Crippen molar-refractivity contribution < 1.29 is 9.59 Å². The fraction of sp³-hybridized carbons (Fsp3) is 0.562. The zero-order valence-electron chi connectivity index (χ0n) is 14.0. The molecular formula is C16H25N5O2. The lowest BCUT2D eigenvalue weighted by molar-refractivity contribution is -0.125. The molecular weight excluding hydrogens is 294 g/mol. The highest BCUT2D eigenvalue weighted by molar-refractivity contribution is 5.79. The lowest BCUT2D eigenvalue weighted by atomic mass is 9.96. The fourth-order valence-electron chi connectivity index (χ4n) is 2.80. The Morgan fingerprint density at radius 2 is 2.04 bits per heavy atom. The molecule has 2 N–H and O–H groups in total. The van der Waals surface area contributed by atoms with Crippen LogP contribution in [0.5, 0.6) is 0 Å². The van der Waals surface area contributed by atoms with Crippen molar-refractivity contribution in [1.29, 1.82) is 0 Å². The minimum absolute atomic E-state index is 0.0164. The quantitative estimate of drug-likeness (QED) is 0.861. The maximum Gasteiger partial charge on any atom is 0.317 e. The van der Waals surface area contributed by atoms with Crippen molar-refractivity contribution in [3.63, 3.8) is 0 Å². The topological polar surface area (TPSA) is 77.6 Å². The van der Waals surface area contributed by atoms with Crippen molar-refractivity contribution in [3.8, 4) is 0 Å². The van der Waals surface area contributed by atoms with Gasteiger partial charge in [0.25, 0.3) is 0 Å². The molecule has 23 heavy (non-hydrogen) atoms. The number of piperidine rings is 1. The van der Waals surface area contributed by atoms with Crippen LogP contribution >= 0.6 is 0 Å². The third kappa shape index (κ3) is 4.34. The Morgan fingerprint density at radius 3 is 2.65 bits per heavy atom. The maximum atomic E-state index is 12.3. The molecule has 1 aliphatic heterocycles. The van der Waals surface area contributed by atoms with E-state index in [-0.39, 0.29) is 17.9 Å². The number of amides is 3. The first-order chi connectivity index (χ1) is 11.0. The van der Waals surface area contributed by atoms with Crippen molar-refractivity contribution in [2.45, 2.75) is 19.4 Å². The first-order valence-corrected chi connectivity index (χ1v) is 7.88. The van der Waals surface area contributed by atoms with Gasteiger partial charge in [-0.2, -0.15) is 0 Å². The third-order valence-corrected chi connectivity index (χ3v) is 4.12. The van der Waals surface area contributed by atoms with Crippen molar-refractivity contribution in [3.05, 3.63) is 23.9 Å². The number of hydrogen-bond acceptors (Lipinski definition) is 4. The second-order valence-corrected chi connectivity index (χ2v) is 5.91. The number of nitrogens with one attached hydrogen (secondary N) is 2. The van der Waals surface area contributed by atoms with Crippen LogP contribution < -0.4 is 15.5 Å². The summed E-state index contributed by atoms with van der Waals surface area (Å²) in [6, 6.07) is 3.73. The second kappa shape index (κ2) is 7.80. The molecule has 1 saturated heterocycles. The van der Waals surface area contributed by atoms with Gasteiger partial charge in [0, 0.05) is 58.5 Å². The molecule has 2 heterocycles. The van der Waals surface area contributed by atoms with Crippen molar-refractivity contribution in [2.75, 3.05) is 39.1 Å². The number of likely N-dealkylation sites (tertiary alicyclic amines) is 1. The van der Waals surface area contributed by atoms with E-state index in [0.717, 1.165) is 11.4 Å². The second-order valence-electron chi connectivity index (χ2n) is 5.91. The number of urea groups is 1.